The first-order valence-electron chi connectivity index (χ1n) is 8.86. The topological polar surface area (TPSA) is 72.6 Å². The Morgan fingerprint density at radius 1 is 1.07 bits per heavy atom. The minimum atomic E-state index is -0.145. The Bertz CT molecular complexity index is 1010. The molecule has 4 rings (SSSR count). The highest BCUT2D eigenvalue weighted by molar-refractivity contribution is 6.01. The zero-order valence-corrected chi connectivity index (χ0v) is 15.6. The van der Waals surface area contributed by atoms with Crippen molar-refractivity contribution < 1.29 is 19.0 Å². The predicted molar refractivity (Wildman–Crippen MR) is 103 cm³/mol. The summed E-state index contributed by atoms with van der Waals surface area (Å²) in [6.07, 6.45) is 1.90. The van der Waals surface area contributed by atoms with Crippen LogP contribution in [0.2, 0.25) is 0 Å². The first kappa shape index (κ1) is 17.3. The number of H-pyrrole nitrogens is 1. The van der Waals surface area contributed by atoms with Crippen molar-refractivity contribution in [1.29, 1.82) is 0 Å². The molecule has 0 bridgehead atoms. The lowest BCUT2D eigenvalue weighted by molar-refractivity contribution is 0.0932. The van der Waals surface area contributed by atoms with E-state index in [0.29, 0.717) is 28.5 Å². The Morgan fingerprint density at radius 2 is 1.85 bits per heavy atom. The van der Waals surface area contributed by atoms with Crippen molar-refractivity contribution >= 4 is 16.8 Å². The molecule has 0 saturated carbocycles. The molecule has 0 fully saturated rings. The second-order valence-corrected chi connectivity index (χ2v) is 6.56. The van der Waals surface area contributed by atoms with Gasteiger partial charge in [0.2, 0.25) is 5.75 Å². The van der Waals surface area contributed by atoms with Crippen molar-refractivity contribution in [2.24, 2.45) is 0 Å². The van der Waals surface area contributed by atoms with Gasteiger partial charge < -0.3 is 24.5 Å². The van der Waals surface area contributed by atoms with E-state index in [0.717, 1.165) is 18.2 Å². The zero-order valence-electron chi connectivity index (χ0n) is 15.6. The van der Waals surface area contributed by atoms with E-state index in [1.807, 2.05) is 18.2 Å². The number of carbonyl (C=O) groups excluding carboxylic acids is 1. The Kier molecular flexibility index (Phi) is 4.39. The molecule has 6 nitrogen and oxygen atoms in total. The first-order chi connectivity index (χ1) is 13.2. The standard InChI is InChI=1S/C21H22N2O4/c1-25-17-11-13-10-16(22-18(13)20(27-3)19(17)26-2)21(24)23-15-9-8-12-6-4-5-7-14(12)15/h4-7,10-11,15,22H,8-9H2,1-3H3,(H,23,24). The molecule has 1 heterocycles. The number of fused-ring (bicyclic) bond motifs is 2. The van der Waals surface area contributed by atoms with Gasteiger partial charge in [-0.05, 0) is 36.1 Å². The monoisotopic (exact) mass is 366 g/mol. The van der Waals surface area contributed by atoms with Crippen molar-refractivity contribution in [3.63, 3.8) is 0 Å². The highest BCUT2D eigenvalue weighted by Crippen LogP contribution is 2.43. The lowest BCUT2D eigenvalue weighted by Crippen LogP contribution is -2.27. The summed E-state index contributed by atoms with van der Waals surface area (Å²) in [5.41, 5.74) is 3.67. The Morgan fingerprint density at radius 3 is 2.59 bits per heavy atom. The predicted octanol–water partition coefficient (Wildman–Crippen LogP) is 3.61. The average molecular weight is 366 g/mol. The van der Waals surface area contributed by atoms with Gasteiger partial charge in [-0.3, -0.25) is 4.79 Å². The smallest absolute Gasteiger partial charge is 0.268 e. The lowest BCUT2D eigenvalue weighted by Gasteiger charge is -2.13. The summed E-state index contributed by atoms with van der Waals surface area (Å²) in [6.45, 7) is 0. The molecule has 1 atom stereocenters. The van der Waals surface area contributed by atoms with Gasteiger partial charge in [0.1, 0.15) is 5.69 Å². The van der Waals surface area contributed by atoms with Crippen LogP contribution in [0.3, 0.4) is 0 Å². The summed E-state index contributed by atoms with van der Waals surface area (Å²) >= 11 is 0. The summed E-state index contributed by atoms with van der Waals surface area (Å²) in [7, 11) is 4.69. The van der Waals surface area contributed by atoms with E-state index in [1.165, 1.54) is 11.1 Å². The van der Waals surface area contributed by atoms with Crippen molar-refractivity contribution in [3.05, 3.63) is 53.2 Å². The van der Waals surface area contributed by atoms with Gasteiger partial charge in [0.25, 0.3) is 5.91 Å². The lowest BCUT2D eigenvalue weighted by atomic mass is 10.1. The second-order valence-electron chi connectivity index (χ2n) is 6.56. The van der Waals surface area contributed by atoms with E-state index in [1.54, 1.807) is 27.4 Å². The number of aromatic amines is 1. The fourth-order valence-electron chi connectivity index (χ4n) is 3.81. The van der Waals surface area contributed by atoms with Gasteiger partial charge >= 0.3 is 0 Å². The number of methoxy groups -OCH3 is 3. The quantitative estimate of drug-likeness (QED) is 0.724. The molecule has 0 aliphatic heterocycles. The zero-order chi connectivity index (χ0) is 19.0. The van der Waals surface area contributed by atoms with Crippen molar-refractivity contribution in [3.8, 4) is 17.2 Å². The van der Waals surface area contributed by atoms with Crippen molar-refractivity contribution in [2.75, 3.05) is 21.3 Å². The largest absolute Gasteiger partial charge is 0.493 e. The molecule has 3 aromatic rings. The van der Waals surface area contributed by atoms with E-state index in [4.69, 9.17) is 14.2 Å². The fraction of sp³-hybridized carbons (Fsp3) is 0.286. The maximum atomic E-state index is 12.8. The average Bonchev–Trinajstić information content (AvgIpc) is 3.30. The number of aromatic nitrogens is 1. The number of amides is 1. The molecule has 2 aromatic carbocycles. The van der Waals surface area contributed by atoms with Gasteiger partial charge in [0.15, 0.2) is 11.5 Å². The van der Waals surface area contributed by atoms with Crippen LogP contribution in [0.25, 0.3) is 10.9 Å². The minimum Gasteiger partial charge on any atom is -0.493 e. The molecule has 27 heavy (non-hydrogen) atoms. The number of carbonyl (C=O) groups is 1. The van der Waals surface area contributed by atoms with Crippen LogP contribution in [0, 0.1) is 0 Å². The van der Waals surface area contributed by atoms with Crippen LogP contribution in [0.1, 0.15) is 34.1 Å². The highest BCUT2D eigenvalue weighted by Gasteiger charge is 2.25. The number of ether oxygens (including phenoxy) is 3. The normalized spacial score (nSPS) is 15.4. The maximum Gasteiger partial charge on any atom is 0.268 e. The summed E-state index contributed by atoms with van der Waals surface area (Å²) in [6, 6.07) is 11.9. The van der Waals surface area contributed by atoms with Crippen LogP contribution in [0.15, 0.2) is 36.4 Å². The van der Waals surface area contributed by atoms with Crippen molar-refractivity contribution in [1.82, 2.24) is 10.3 Å². The van der Waals surface area contributed by atoms with Gasteiger partial charge in [-0.1, -0.05) is 24.3 Å². The third-order valence-corrected chi connectivity index (χ3v) is 5.10. The fourth-order valence-corrected chi connectivity index (χ4v) is 3.81. The summed E-state index contributed by atoms with van der Waals surface area (Å²) < 4.78 is 16.3. The molecule has 1 aliphatic carbocycles. The van der Waals surface area contributed by atoms with Crippen LogP contribution in [0.4, 0.5) is 0 Å². The number of nitrogens with one attached hydrogen (secondary N) is 2. The van der Waals surface area contributed by atoms with Crippen LogP contribution in [-0.2, 0) is 6.42 Å². The molecule has 1 amide bonds. The number of rotatable bonds is 5. The van der Waals surface area contributed by atoms with E-state index in [-0.39, 0.29) is 11.9 Å². The van der Waals surface area contributed by atoms with E-state index >= 15 is 0 Å². The summed E-state index contributed by atoms with van der Waals surface area (Å²) in [5.74, 6) is 1.41. The molecular formula is C21H22N2O4. The number of aryl methyl sites for hydroxylation is 1. The van der Waals surface area contributed by atoms with Gasteiger partial charge in [0.05, 0.1) is 32.9 Å². The van der Waals surface area contributed by atoms with Gasteiger partial charge in [0, 0.05) is 5.39 Å². The summed E-state index contributed by atoms with van der Waals surface area (Å²) in [5, 5.41) is 3.95. The molecule has 0 spiro atoms. The molecule has 6 heteroatoms. The molecule has 140 valence electrons. The van der Waals surface area contributed by atoms with Crippen molar-refractivity contribution in [2.45, 2.75) is 18.9 Å². The number of benzene rings is 2. The minimum absolute atomic E-state index is 0.0334. The van der Waals surface area contributed by atoms with Crippen LogP contribution >= 0.6 is 0 Å². The molecular weight excluding hydrogens is 344 g/mol. The third-order valence-electron chi connectivity index (χ3n) is 5.10. The molecule has 0 saturated heterocycles. The first-order valence-corrected chi connectivity index (χ1v) is 8.86. The van der Waals surface area contributed by atoms with E-state index in [2.05, 4.69) is 22.4 Å². The maximum absolute atomic E-state index is 12.8. The van der Waals surface area contributed by atoms with Crippen LogP contribution < -0.4 is 19.5 Å². The van der Waals surface area contributed by atoms with E-state index in [9.17, 15) is 4.79 Å². The van der Waals surface area contributed by atoms with Crippen LogP contribution in [-0.4, -0.2) is 32.2 Å². The Hall–Kier alpha value is -3.15. The van der Waals surface area contributed by atoms with Gasteiger partial charge in [-0.15, -0.1) is 0 Å². The third kappa shape index (κ3) is 2.87. The molecule has 1 aromatic heterocycles. The second kappa shape index (κ2) is 6.87. The van der Waals surface area contributed by atoms with Gasteiger partial charge in [-0.2, -0.15) is 0 Å². The molecule has 1 aliphatic rings. The van der Waals surface area contributed by atoms with Crippen LogP contribution in [0.5, 0.6) is 17.2 Å². The Balaban J connectivity index is 1.67. The van der Waals surface area contributed by atoms with E-state index < -0.39 is 0 Å². The summed E-state index contributed by atoms with van der Waals surface area (Å²) in [4.78, 5) is 16.0. The van der Waals surface area contributed by atoms with Gasteiger partial charge in [-0.25, -0.2) is 0 Å². The Labute approximate surface area is 157 Å². The number of hydrogen-bond donors (Lipinski definition) is 2. The number of hydrogen-bond acceptors (Lipinski definition) is 4. The molecule has 1 unspecified atom stereocenters. The molecule has 0 radical (unpaired) electrons. The highest BCUT2D eigenvalue weighted by atomic mass is 16.5. The molecule has 2 N–H and O–H groups in total. The SMILES string of the molecule is COc1cc2cc(C(=O)NC3CCc4ccccc43)[nH]c2c(OC)c1OC.